The van der Waals surface area contributed by atoms with Gasteiger partial charge in [-0.3, -0.25) is 4.79 Å². The van der Waals surface area contributed by atoms with Crippen LogP contribution in [-0.4, -0.2) is 10.8 Å². The van der Waals surface area contributed by atoms with E-state index in [1.807, 2.05) is 13.8 Å². The highest BCUT2D eigenvalue weighted by Crippen LogP contribution is 2.13. The van der Waals surface area contributed by atoms with E-state index >= 15 is 0 Å². The summed E-state index contributed by atoms with van der Waals surface area (Å²) in [6.45, 7) is 3.77. The molecule has 0 radical (unpaired) electrons. The van der Waals surface area contributed by atoms with Crippen LogP contribution in [0.2, 0.25) is 0 Å². The number of aromatic amines is 1. The Kier molecular flexibility index (Phi) is 2.49. The van der Waals surface area contributed by atoms with Gasteiger partial charge >= 0.3 is 0 Å². The van der Waals surface area contributed by atoms with Crippen molar-refractivity contribution in [3.8, 4) is 0 Å². The number of hydrogen-bond acceptors (Lipinski definition) is 1. The Morgan fingerprint density at radius 2 is 2.27 bits per heavy atom. The molecule has 0 atom stereocenters. The Balaban J connectivity index is 2.85. The van der Waals surface area contributed by atoms with Crippen molar-refractivity contribution in [1.29, 1.82) is 0 Å². The van der Waals surface area contributed by atoms with E-state index in [0.717, 1.165) is 4.47 Å². The first-order valence-electron chi connectivity index (χ1n) is 3.49. The fourth-order valence-electron chi connectivity index (χ4n) is 0.821. The number of halogens is 1. The Morgan fingerprint density at radius 1 is 1.64 bits per heavy atom. The van der Waals surface area contributed by atoms with E-state index in [4.69, 9.17) is 0 Å². The van der Waals surface area contributed by atoms with Crippen molar-refractivity contribution < 1.29 is 4.79 Å². The van der Waals surface area contributed by atoms with Crippen molar-refractivity contribution in [3.05, 3.63) is 22.4 Å². The Labute approximate surface area is 74.1 Å². The highest BCUT2D eigenvalue weighted by atomic mass is 79.9. The first-order chi connectivity index (χ1) is 5.11. The molecule has 0 saturated carbocycles. The molecule has 0 aliphatic heterocycles. The molecule has 0 spiro atoms. The number of aromatic nitrogens is 1. The molecule has 1 heterocycles. The first kappa shape index (κ1) is 8.53. The number of carbonyl (C=O) groups is 1. The fraction of sp³-hybridized carbons (Fsp3) is 0.375. The zero-order valence-electron chi connectivity index (χ0n) is 6.52. The van der Waals surface area contributed by atoms with Crippen LogP contribution in [0.25, 0.3) is 0 Å². The van der Waals surface area contributed by atoms with E-state index in [1.54, 1.807) is 12.3 Å². The van der Waals surface area contributed by atoms with E-state index in [1.165, 1.54) is 0 Å². The molecule has 60 valence electrons. The van der Waals surface area contributed by atoms with Gasteiger partial charge in [-0.1, -0.05) is 13.8 Å². The smallest absolute Gasteiger partial charge is 0.181 e. The predicted octanol–water partition coefficient (Wildman–Crippen LogP) is 2.62. The van der Waals surface area contributed by atoms with Crippen molar-refractivity contribution >= 4 is 21.7 Å². The van der Waals surface area contributed by atoms with Gasteiger partial charge in [0.15, 0.2) is 5.78 Å². The SMILES string of the molecule is CC(C)C(=O)c1cc(Br)c[nH]1. The number of Topliss-reactive ketones (excluding diaryl/α,β-unsaturated/α-hetero) is 1. The summed E-state index contributed by atoms with van der Waals surface area (Å²) >= 11 is 3.27. The van der Waals surface area contributed by atoms with E-state index in [2.05, 4.69) is 20.9 Å². The Bertz CT molecular complexity index is 265. The van der Waals surface area contributed by atoms with E-state index in [0.29, 0.717) is 5.69 Å². The van der Waals surface area contributed by atoms with Crippen LogP contribution in [0.3, 0.4) is 0 Å². The monoisotopic (exact) mass is 215 g/mol. The molecular formula is C8H10BrNO. The van der Waals surface area contributed by atoms with Crippen LogP contribution in [0.1, 0.15) is 24.3 Å². The lowest BCUT2D eigenvalue weighted by atomic mass is 10.1. The molecule has 3 heteroatoms. The van der Waals surface area contributed by atoms with Crippen LogP contribution in [0, 0.1) is 5.92 Å². The maximum atomic E-state index is 11.3. The molecule has 0 bridgehead atoms. The summed E-state index contributed by atoms with van der Waals surface area (Å²) in [5.41, 5.74) is 0.673. The van der Waals surface area contributed by atoms with Crippen LogP contribution in [0.15, 0.2) is 16.7 Å². The second kappa shape index (κ2) is 3.22. The van der Waals surface area contributed by atoms with Gasteiger partial charge in [0.1, 0.15) is 0 Å². The summed E-state index contributed by atoms with van der Waals surface area (Å²) < 4.78 is 0.918. The molecule has 1 aromatic heterocycles. The van der Waals surface area contributed by atoms with Gasteiger partial charge in [-0.15, -0.1) is 0 Å². The maximum absolute atomic E-state index is 11.3. The lowest BCUT2D eigenvalue weighted by Crippen LogP contribution is -2.07. The molecule has 0 unspecified atom stereocenters. The van der Waals surface area contributed by atoms with Crippen molar-refractivity contribution in [3.63, 3.8) is 0 Å². The summed E-state index contributed by atoms with van der Waals surface area (Å²) in [6, 6.07) is 1.79. The van der Waals surface area contributed by atoms with Crippen LogP contribution >= 0.6 is 15.9 Å². The molecule has 0 aliphatic rings. The summed E-state index contributed by atoms with van der Waals surface area (Å²) in [5, 5.41) is 0. The van der Waals surface area contributed by atoms with Gasteiger partial charge < -0.3 is 4.98 Å². The highest BCUT2D eigenvalue weighted by molar-refractivity contribution is 9.10. The molecule has 11 heavy (non-hydrogen) atoms. The fourth-order valence-corrected chi connectivity index (χ4v) is 1.16. The first-order valence-corrected chi connectivity index (χ1v) is 4.28. The van der Waals surface area contributed by atoms with Gasteiger partial charge in [0.05, 0.1) is 5.69 Å². The average molecular weight is 216 g/mol. The van der Waals surface area contributed by atoms with E-state index < -0.39 is 0 Å². The standard InChI is InChI=1S/C8H10BrNO/c1-5(2)8(11)7-3-6(9)4-10-7/h3-5,10H,1-2H3. The molecule has 0 aromatic carbocycles. The van der Waals surface area contributed by atoms with Gasteiger partial charge in [0, 0.05) is 16.6 Å². The quantitative estimate of drug-likeness (QED) is 0.757. The maximum Gasteiger partial charge on any atom is 0.181 e. The van der Waals surface area contributed by atoms with Gasteiger partial charge in [-0.05, 0) is 22.0 Å². The lowest BCUT2D eigenvalue weighted by Gasteiger charge is -1.98. The largest absolute Gasteiger partial charge is 0.358 e. The Hall–Kier alpha value is -0.570. The highest BCUT2D eigenvalue weighted by Gasteiger charge is 2.11. The van der Waals surface area contributed by atoms with Gasteiger partial charge in [-0.2, -0.15) is 0 Å². The second-order valence-electron chi connectivity index (χ2n) is 2.75. The topological polar surface area (TPSA) is 32.9 Å². The third-order valence-corrected chi connectivity index (χ3v) is 1.90. The second-order valence-corrected chi connectivity index (χ2v) is 3.67. The number of rotatable bonds is 2. The number of H-pyrrole nitrogens is 1. The molecule has 0 fully saturated rings. The van der Waals surface area contributed by atoms with Crippen molar-refractivity contribution in [2.45, 2.75) is 13.8 Å². The molecule has 1 rings (SSSR count). The van der Waals surface area contributed by atoms with Gasteiger partial charge in [0.2, 0.25) is 0 Å². The Morgan fingerprint density at radius 3 is 2.64 bits per heavy atom. The van der Waals surface area contributed by atoms with Crippen LogP contribution in [-0.2, 0) is 0 Å². The zero-order chi connectivity index (χ0) is 8.43. The van der Waals surface area contributed by atoms with Crippen LogP contribution in [0.4, 0.5) is 0 Å². The summed E-state index contributed by atoms with van der Waals surface area (Å²) in [5.74, 6) is 0.205. The van der Waals surface area contributed by atoms with E-state index in [-0.39, 0.29) is 11.7 Å². The molecule has 1 aromatic rings. The third-order valence-electron chi connectivity index (χ3n) is 1.44. The summed E-state index contributed by atoms with van der Waals surface area (Å²) in [7, 11) is 0. The molecule has 1 N–H and O–H groups in total. The predicted molar refractivity (Wildman–Crippen MR) is 47.7 cm³/mol. The number of ketones is 1. The molecule has 0 saturated heterocycles. The minimum Gasteiger partial charge on any atom is -0.358 e. The van der Waals surface area contributed by atoms with Crippen molar-refractivity contribution in [2.75, 3.05) is 0 Å². The van der Waals surface area contributed by atoms with Crippen molar-refractivity contribution in [2.24, 2.45) is 5.92 Å². The third kappa shape index (κ3) is 1.93. The average Bonchev–Trinajstić information content (AvgIpc) is 2.34. The minimum atomic E-state index is 0.0561. The molecule has 0 aliphatic carbocycles. The molecule has 0 amide bonds. The van der Waals surface area contributed by atoms with Crippen LogP contribution < -0.4 is 0 Å². The number of nitrogens with one attached hydrogen (secondary N) is 1. The van der Waals surface area contributed by atoms with Gasteiger partial charge in [0.25, 0.3) is 0 Å². The summed E-state index contributed by atoms with van der Waals surface area (Å²) in [6.07, 6.45) is 1.76. The lowest BCUT2D eigenvalue weighted by molar-refractivity contribution is 0.0935. The van der Waals surface area contributed by atoms with E-state index in [9.17, 15) is 4.79 Å². The molecular weight excluding hydrogens is 206 g/mol. The van der Waals surface area contributed by atoms with Crippen molar-refractivity contribution in [1.82, 2.24) is 4.98 Å². The van der Waals surface area contributed by atoms with Gasteiger partial charge in [-0.25, -0.2) is 0 Å². The molecule has 2 nitrogen and oxygen atoms in total. The normalized spacial score (nSPS) is 10.5. The zero-order valence-corrected chi connectivity index (χ0v) is 8.10. The number of carbonyl (C=O) groups excluding carboxylic acids is 1. The minimum absolute atomic E-state index is 0.0561. The van der Waals surface area contributed by atoms with Crippen LogP contribution in [0.5, 0.6) is 0 Å². The number of hydrogen-bond donors (Lipinski definition) is 1. The summed E-state index contributed by atoms with van der Waals surface area (Å²) in [4.78, 5) is 14.2.